The Morgan fingerprint density at radius 3 is 1.45 bits per heavy atom. The van der Waals surface area contributed by atoms with Gasteiger partial charge in [0.25, 0.3) is 0 Å². The lowest BCUT2D eigenvalue weighted by molar-refractivity contribution is -0.152. The van der Waals surface area contributed by atoms with Crippen LogP contribution in [0.1, 0.15) is 130 Å². The highest BCUT2D eigenvalue weighted by atomic mass is 16.6. The monoisotopic (exact) mass is 442 g/mol. The Hall–Kier alpha value is -1.10. The summed E-state index contributed by atoms with van der Waals surface area (Å²) in [6, 6.07) is 0. The van der Waals surface area contributed by atoms with Crippen LogP contribution >= 0.6 is 0 Å². The zero-order valence-corrected chi connectivity index (χ0v) is 20.7. The van der Waals surface area contributed by atoms with Crippen LogP contribution in [0.15, 0.2) is 0 Å². The maximum Gasteiger partial charge on any atom is 0.305 e. The molecular formula is C26H50O5. The van der Waals surface area contributed by atoms with Crippen LogP contribution < -0.4 is 0 Å². The number of hydrogen-bond donors (Lipinski definition) is 1. The summed E-state index contributed by atoms with van der Waals surface area (Å²) < 4.78 is 10.2. The molecule has 0 heterocycles. The van der Waals surface area contributed by atoms with Gasteiger partial charge in [-0.25, -0.2) is 0 Å². The molecule has 0 aliphatic rings. The molecule has 0 aromatic heterocycles. The molecule has 0 amide bonds. The van der Waals surface area contributed by atoms with Crippen molar-refractivity contribution >= 4 is 11.9 Å². The zero-order chi connectivity index (χ0) is 23.2. The molecule has 0 saturated heterocycles. The van der Waals surface area contributed by atoms with Crippen LogP contribution in [-0.2, 0) is 19.1 Å². The van der Waals surface area contributed by atoms with E-state index in [9.17, 15) is 14.7 Å². The maximum atomic E-state index is 11.8. The predicted molar refractivity (Wildman–Crippen MR) is 127 cm³/mol. The van der Waals surface area contributed by atoms with Gasteiger partial charge in [-0.3, -0.25) is 9.59 Å². The first-order valence-electron chi connectivity index (χ1n) is 12.9. The lowest BCUT2D eigenvalue weighted by Crippen LogP contribution is -2.25. The fourth-order valence-corrected chi connectivity index (χ4v) is 3.50. The molecule has 0 aliphatic heterocycles. The number of carbonyl (C=O) groups excluding carboxylic acids is 2. The van der Waals surface area contributed by atoms with E-state index in [2.05, 4.69) is 20.8 Å². The lowest BCUT2D eigenvalue weighted by atomic mass is 10.0. The number of ether oxygens (including phenoxy) is 2. The third-order valence-corrected chi connectivity index (χ3v) is 5.52. The van der Waals surface area contributed by atoms with Crippen LogP contribution in [0.3, 0.4) is 0 Å². The van der Waals surface area contributed by atoms with Gasteiger partial charge in [0.05, 0.1) is 0 Å². The van der Waals surface area contributed by atoms with Gasteiger partial charge in [-0.2, -0.15) is 0 Å². The molecule has 0 rings (SSSR count). The number of esters is 2. The lowest BCUT2D eigenvalue weighted by Gasteiger charge is -2.12. The van der Waals surface area contributed by atoms with Crippen LogP contribution in [0.4, 0.5) is 0 Å². The van der Waals surface area contributed by atoms with Crippen molar-refractivity contribution in [3.63, 3.8) is 0 Å². The van der Waals surface area contributed by atoms with Crippen LogP contribution in [0.25, 0.3) is 0 Å². The van der Waals surface area contributed by atoms with Crippen LogP contribution in [0.5, 0.6) is 0 Å². The summed E-state index contributed by atoms with van der Waals surface area (Å²) in [4.78, 5) is 23.4. The predicted octanol–water partition coefficient (Wildman–Crippen LogP) is 6.74. The minimum absolute atomic E-state index is 0.112. The van der Waals surface area contributed by atoms with Gasteiger partial charge in [-0.1, -0.05) is 104 Å². The third kappa shape index (κ3) is 23.4. The van der Waals surface area contributed by atoms with E-state index in [0.29, 0.717) is 12.8 Å². The number of aliphatic hydroxyl groups is 1. The summed E-state index contributed by atoms with van der Waals surface area (Å²) in [6.07, 6.45) is 17.3. The Morgan fingerprint density at radius 1 is 0.645 bits per heavy atom. The minimum atomic E-state index is -0.951. The van der Waals surface area contributed by atoms with Crippen molar-refractivity contribution in [2.45, 2.75) is 136 Å². The Kier molecular flexibility index (Phi) is 21.3. The van der Waals surface area contributed by atoms with Crippen molar-refractivity contribution in [2.24, 2.45) is 5.92 Å². The second-order valence-electron chi connectivity index (χ2n) is 9.30. The molecule has 1 atom stereocenters. The van der Waals surface area contributed by atoms with E-state index in [1.54, 1.807) is 0 Å². The average Bonchev–Trinajstić information content (AvgIpc) is 2.74. The summed E-state index contributed by atoms with van der Waals surface area (Å²) in [5.41, 5.74) is 0. The second-order valence-corrected chi connectivity index (χ2v) is 9.30. The van der Waals surface area contributed by atoms with Crippen LogP contribution in [-0.4, -0.2) is 36.4 Å². The fraction of sp³-hybridized carbons (Fsp3) is 0.923. The largest absolute Gasteiger partial charge is 0.463 e. The van der Waals surface area contributed by atoms with Crippen molar-refractivity contribution in [2.75, 3.05) is 13.2 Å². The van der Waals surface area contributed by atoms with Crippen molar-refractivity contribution < 1.29 is 24.2 Å². The molecule has 0 aliphatic carbocycles. The first-order valence-corrected chi connectivity index (χ1v) is 12.9. The van der Waals surface area contributed by atoms with E-state index in [4.69, 9.17) is 9.47 Å². The highest BCUT2D eigenvalue weighted by Gasteiger charge is 2.12. The third-order valence-electron chi connectivity index (χ3n) is 5.52. The standard InChI is InChI=1S/C26H50O5/c1-4-5-6-7-9-13-16-19-25(28)30-21-24(27)22-31-26(29)20-17-14-11-8-10-12-15-18-23(2)3/h23-24,27H,4-22H2,1-3H3/t24-/m1/s1. The molecule has 0 bridgehead atoms. The molecule has 184 valence electrons. The molecule has 0 radical (unpaired) electrons. The van der Waals surface area contributed by atoms with Gasteiger partial charge < -0.3 is 14.6 Å². The number of aliphatic hydroxyl groups excluding tert-OH is 1. The van der Waals surface area contributed by atoms with E-state index in [1.165, 1.54) is 57.8 Å². The van der Waals surface area contributed by atoms with Gasteiger partial charge in [0.2, 0.25) is 0 Å². The molecule has 5 nitrogen and oxygen atoms in total. The highest BCUT2D eigenvalue weighted by molar-refractivity contribution is 5.69. The van der Waals surface area contributed by atoms with Crippen molar-refractivity contribution in [3.05, 3.63) is 0 Å². The van der Waals surface area contributed by atoms with Gasteiger partial charge >= 0.3 is 11.9 Å². The van der Waals surface area contributed by atoms with Gasteiger partial charge in [-0.15, -0.1) is 0 Å². The van der Waals surface area contributed by atoms with Gasteiger partial charge in [0.15, 0.2) is 0 Å². The van der Waals surface area contributed by atoms with E-state index < -0.39 is 6.10 Å². The highest BCUT2D eigenvalue weighted by Crippen LogP contribution is 2.13. The van der Waals surface area contributed by atoms with Gasteiger partial charge in [0, 0.05) is 12.8 Å². The molecule has 31 heavy (non-hydrogen) atoms. The molecule has 0 fully saturated rings. The molecule has 5 heteroatoms. The van der Waals surface area contributed by atoms with Crippen molar-refractivity contribution in [1.29, 1.82) is 0 Å². The molecule has 0 saturated carbocycles. The first kappa shape index (κ1) is 29.9. The SMILES string of the molecule is CCCCCCCCCC(=O)OC[C@@H](O)COC(=O)CCCCCCCCCC(C)C. The summed E-state index contributed by atoms with van der Waals surface area (Å²) in [6.45, 7) is 6.51. The number of carbonyl (C=O) groups is 2. The van der Waals surface area contributed by atoms with Crippen LogP contribution in [0, 0.1) is 5.92 Å². The normalized spacial score (nSPS) is 12.2. The van der Waals surface area contributed by atoms with E-state index in [1.807, 2.05) is 0 Å². The Morgan fingerprint density at radius 2 is 1.03 bits per heavy atom. The summed E-state index contributed by atoms with van der Waals surface area (Å²) >= 11 is 0. The van der Waals surface area contributed by atoms with Gasteiger partial charge in [0.1, 0.15) is 19.3 Å². The summed E-state index contributed by atoms with van der Waals surface area (Å²) in [5.74, 6) is 0.222. The summed E-state index contributed by atoms with van der Waals surface area (Å²) in [5, 5.41) is 9.83. The van der Waals surface area contributed by atoms with Crippen LogP contribution in [0.2, 0.25) is 0 Å². The summed E-state index contributed by atoms with van der Waals surface area (Å²) in [7, 11) is 0. The quantitative estimate of drug-likeness (QED) is 0.148. The zero-order valence-electron chi connectivity index (χ0n) is 20.7. The van der Waals surface area contributed by atoms with Gasteiger partial charge in [-0.05, 0) is 18.8 Å². The fourth-order valence-electron chi connectivity index (χ4n) is 3.50. The smallest absolute Gasteiger partial charge is 0.305 e. The Balaban J connectivity index is 3.47. The Bertz CT molecular complexity index is 422. The molecular weight excluding hydrogens is 392 g/mol. The topological polar surface area (TPSA) is 72.8 Å². The van der Waals surface area contributed by atoms with E-state index in [0.717, 1.165) is 44.4 Å². The number of rotatable bonds is 22. The molecule has 0 unspecified atom stereocenters. The maximum absolute atomic E-state index is 11.8. The molecule has 0 aromatic carbocycles. The van der Waals surface area contributed by atoms with Crippen molar-refractivity contribution in [3.8, 4) is 0 Å². The molecule has 0 aromatic rings. The molecule has 0 spiro atoms. The number of hydrogen-bond acceptors (Lipinski definition) is 5. The average molecular weight is 443 g/mol. The van der Waals surface area contributed by atoms with E-state index >= 15 is 0 Å². The minimum Gasteiger partial charge on any atom is -0.463 e. The molecule has 1 N–H and O–H groups in total. The van der Waals surface area contributed by atoms with E-state index in [-0.39, 0.29) is 25.2 Å². The number of unbranched alkanes of at least 4 members (excludes halogenated alkanes) is 12. The first-order chi connectivity index (χ1) is 15.0. The van der Waals surface area contributed by atoms with Crippen molar-refractivity contribution in [1.82, 2.24) is 0 Å². The second kappa shape index (κ2) is 22.1. The Labute approximate surface area is 191 Å².